The minimum Gasteiger partial charge on any atom is -0.394 e. The molecule has 0 fully saturated rings. The monoisotopic (exact) mass is 480 g/mol. The Bertz CT molecular complexity index is 465. The fourth-order valence-corrected chi connectivity index (χ4v) is 1.43. The average molecular weight is 480 g/mol. The van der Waals surface area contributed by atoms with Gasteiger partial charge in [-0.3, -0.25) is 4.79 Å². The SMILES string of the molecule is O=C(CO)[C@@H](O)[C@H](O)[C@@H](O)CO.O=C[C@H](O)[C@@H](O)[C@@H](O)CO.O=C[C@H](O)[C@@H](O)[C@H](O)CO. The van der Waals surface area contributed by atoms with Crippen LogP contribution in [0.5, 0.6) is 0 Å². The molecule has 9 atom stereocenters. The quantitative estimate of drug-likeness (QED) is 0.109. The van der Waals surface area contributed by atoms with Gasteiger partial charge in [0.05, 0.1) is 19.8 Å². The first-order valence-corrected chi connectivity index (χ1v) is 8.80. The Labute approximate surface area is 181 Å². The van der Waals surface area contributed by atoms with Gasteiger partial charge >= 0.3 is 0 Å². The van der Waals surface area contributed by atoms with E-state index in [4.69, 9.17) is 66.4 Å². The van der Waals surface area contributed by atoms with Gasteiger partial charge in [-0.05, 0) is 0 Å². The Morgan fingerprint density at radius 3 is 1.06 bits per heavy atom. The van der Waals surface area contributed by atoms with Crippen LogP contribution in [0.1, 0.15) is 0 Å². The zero-order valence-electron chi connectivity index (χ0n) is 16.7. The number of aldehydes is 2. The van der Waals surface area contributed by atoms with Gasteiger partial charge in [0.2, 0.25) is 0 Å². The number of carbonyl (C=O) groups excluding carboxylic acids is 3. The van der Waals surface area contributed by atoms with Crippen LogP contribution in [0.2, 0.25) is 0 Å². The number of hydrogen-bond acceptors (Lipinski definition) is 16. The van der Waals surface area contributed by atoms with Crippen molar-refractivity contribution in [1.82, 2.24) is 0 Å². The molecule has 0 heterocycles. The molecule has 0 amide bonds. The molecule has 0 radical (unpaired) electrons. The van der Waals surface area contributed by atoms with Crippen LogP contribution in [0, 0.1) is 0 Å². The standard InChI is InChI=1S/C6H12O6.2C5H10O5/c7-1-3(9)5(11)6(12)4(10)2-8;2*6-1-3(8)5(10)4(9)2-7/h3,5-9,11-12H,1-2H2;2*1,3-5,7-10H,2H2/t3-,5+,6+;3-,4+,5+;3-,4-,5+/m000/s1. The maximum absolute atomic E-state index is 10.5. The van der Waals surface area contributed by atoms with Crippen molar-refractivity contribution in [2.45, 2.75) is 54.9 Å². The molecule has 0 spiro atoms. The first kappa shape index (κ1) is 35.1. The summed E-state index contributed by atoms with van der Waals surface area (Å²) in [6, 6.07) is 0. The Balaban J connectivity index is -0.000000397. The van der Waals surface area contributed by atoms with Gasteiger partial charge in [-0.25, -0.2) is 0 Å². The Morgan fingerprint density at radius 2 is 0.844 bits per heavy atom. The van der Waals surface area contributed by atoms with Crippen molar-refractivity contribution in [3.05, 3.63) is 0 Å². The van der Waals surface area contributed by atoms with Gasteiger partial charge < -0.3 is 76.0 Å². The normalized spacial score (nSPS) is 19.2. The van der Waals surface area contributed by atoms with E-state index < -0.39 is 87.1 Å². The van der Waals surface area contributed by atoms with Crippen LogP contribution < -0.4 is 0 Å². The third-order valence-electron chi connectivity index (χ3n) is 3.53. The van der Waals surface area contributed by atoms with Gasteiger partial charge in [-0.1, -0.05) is 0 Å². The minimum absolute atomic E-state index is 0.0869. The second-order valence-electron chi connectivity index (χ2n) is 6.04. The van der Waals surface area contributed by atoms with Gasteiger partial charge in [-0.15, -0.1) is 0 Å². The van der Waals surface area contributed by atoms with E-state index in [0.29, 0.717) is 0 Å². The lowest BCUT2D eigenvalue weighted by Crippen LogP contribution is -2.44. The zero-order valence-corrected chi connectivity index (χ0v) is 16.7. The highest BCUT2D eigenvalue weighted by atomic mass is 16.4. The molecule has 0 aliphatic carbocycles. The predicted molar refractivity (Wildman–Crippen MR) is 99.5 cm³/mol. The summed E-state index contributed by atoms with van der Waals surface area (Å²) in [5.41, 5.74) is 0. The van der Waals surface area contributed by atoms with Gasteiger partial charge in [0.25, 0.3) is 0 Å². The van der Waals surface area contributed by atoms with E-state index in [2.05, 4.69) is 0 Å². The number of carbonyl (C=O) groups is 3. The molecule has 0 saturated carbocycles. The van der Waals surface area contributed by atoms with E-state index in [1.54, 1.807) is 0 Å². The third-order valence-corrected chi connectivity index (χ3v) is 3.53. The van der Waals surface area contributed by atoms with E-state index in [9.17, 15) is 14.4 Å². The van der Waals surface area contributed by atoms with Crippen LogP contribution in [-0.4, -0.2) is 166 Å². The summed E-state index contributed by atoms with van der Waals surface area (Å²) in [4.78, 5) is 30.0. The summed E-state index contributed by atoms with van der Waals surface area (Å²) in [5, 5.41) is 111. The van der Waals surface area contributed by atoms with Crippen LogP contribution in [-0.2, 0) is 14.4 Å². The highest BCUT2D eigenvalue weighted by Gasteiger charge is 2.29. The largest absolute Gasteiger partial charge is 0.394 e. The Morgan fingerprint density at radius 1 is 0.562 bits per heavy atom. The molecular weight excluding hydrogens is 448 g/mol. The molecule has 0 aliphatic rings. The number of aliphatic hydroxyl groups excluding tert-OH is 13. The van der Waals surface area contributed by atoms with Gasteiger partial charge in [0.15, 0.2) is 18.4 Å². The average Bonchev–Trinajstić information content (AvgIpc) is 2.84. The molecule has 0 aliphatic heterocycles. The number of rotatable bonds is 13. The van der Waals surface area contributed by atoms with E-state index in [-0.39, 0.29) is 12.6 Å². The summed E-state index contributed by atoms with van der Waals surface area (Å²) in [5.74, 6) is -1.00. The Kier molecular flexibility index (Phi) is 22.1. The fraction of sp³-hybridized carbons (Fsp3) is 0.812. The van der Waals surface area contributed by atoms with E-state index in [1.807, 2.05) is 0 Å². The molecule has 0 saturated heterocycles. The summed E-state index contributed by atoms with van der Waals surface area (Å²) < 4.78 is 0. The number of Topliss-reactive ketones (excluding diaryl/α,β-unsaturated/α-hetero) is 1. The second-order valence-corrected chi connectivity index (χ2v) is 6.04. The third kappa shape index (κ3) is 14.5. The van der Waals surface area contributed by atoms with Crippen molar-refractivity contribution in [1.29, 1.82) is 0 Å². The molecule has 0 bridgehead atoms. The zero-order chi connectivity index (χ0) is 26.0. The lowest BCUT2D eigenvalue weighted by atomic mass is 10.1. The smallest absolute Gasteiger partial charge is 0.189 e. The lowest BCUT2D eigenvalue weighted by Gasteiger charge is -2.19. The van der Waals surface area contributed by atoms with Gasteiger partial charge in [0.1, 0.15) is 61.5 Å². The van der Waals surface area contributed by atoms with Gasteiger partial charge in [0, 0.05) is 0 Å². The highest BCUT2D eigenvalue weighted by Crippen LogP contribution is 2.00. The predicted octanol–water partition coefficient (Wildman–Crippen LogP) is -8.86. The minimum atomic E-state index is -1.86. The molecule has 32 heavy (non-hydrogen) atoms. The number of aliphatic hydroxyl groups is 13. The van der Waals surface area contributed by atoms with Crippen LogP contribution >= 0.6 is 0 Å². The van der Waals surface area contributed by atoms with Crippen molar-refractivity contribution in [3.8, 4) is 0 Å². The van der Waals surface area contributed by atoms with Gasteiger partial charge in [-0.2, -0.15) is 0 Å². The summed E-state index contributed by atoms with van der Waals surface area (Å²) in [6.45, 7) is -3.06. The van der Waals surface area contributed by atoms with Crippen molar-refractivity contribution in [2.75, 3.05) is 26.4 Å². The Hall–Kier alpha value is -1.51. The molecule has 192 valence electrons. The highest BCUT2D eigenvalue weighted by molar-refractivity contribution is 5.84. The lowest BCUT2D eigenvalue weighted by molar-refractivity contribution is -0.142. The first-order valence-electron chi connectivity index (χ1n) is 8.80. The summed E-state index contributed by atoms with van der Waals surface area (Å²) >= 11 is 0. The first-order chi connectivity index (χ1) is 14.8. The number of hydrogen-bond donors (Lipinski definition) is 13. The summed E-state index contributed by atoms with van der Waals surface area (Å²) in [6.07, 6.45) is -14.5. The van der Waals surface area contributed by atoms with Crippen LogP contribution in [0.15, 0.2) is 0 Å². The van der Waals surface area contributed by atoms with Crippen LogP contribution in [0.4, 0.5) is 0 Å². The van der Waals surface area contributed by atoms with Crippen molar-refractivity contribution >= 4 is 18.4 Å². The number of ketones is 1. The van der Waals surface area contributed by atoms with E-state index in [1.165, 1.54) is 0 Å². The topological polar surface area (TPSA) is 314 Å². The van der Waals surface area contributed by atoms with E-state index >= 15 is 0 Å². The molecule has 0 aromatic carbocycles. The molecule has 0 rings (SSSR count). The molecule has 0 aromatic heterocycles. The second kappa shape index (κ2) is 20.1. The molecule has 0 aromatic rings. The molecule has 16 heteroatoms. The maximum atomic E-state index is 10.5. The molecule has 0 unspecified atom stereocenters. The van der Waals surface area contributed by atoms with Crippen molar-refractivity contribution < 1.29 is 80.8 Å². The van der Waals surface area contributed by atoms with Crippen molar-refractivity contribution in [3.63, 3.8) is 0 Å². The molecule has 16 nitrogen and oxygen atoms in total. The fourth-order valence-electron chi connectivity index (χ4n) is 1.43. The molecular formula is C16H32O16. The summed E-state index contributed by atoms with van der Waals surface area (Å²) in [7, 11) is 0. The van der Waals surface area contributed by atoms with Crippen LogP contribution in [0.25, 0.3) is 0 Å². The van der Waals surface area contributed by atoms with Crippen LogP contribution in [0.3, 0.4) is 0 Å². The van der Waals surface area contributed by atoms with E-state index in [0.717, 1.165) is 0 Å². The maximum Gasteiger partial charge on any atom is 0.189 e. The van der Waals surface area contributed by atoms with Crippen molar-refractivity contribution in [2.24, 2.45) is 0 Å². The molecule has 13 N–H and O–H groups in total.